The second-order valence-corrected chi connectivity index (χ2v) is 5.35. The second-order valence-electron chi connectivity index (χ2n) is 5.35. The number of nitrogens with zero attached hydrogens (tertiary/aromatic N) is 1. The molecule has 1 amide bonds. The van der Waals surface area contributed by atoms with Gasteiger partial charge in [-0.3, -0.25) is 4.79 Å². The predicted octanol–water partition coefficient (Wildman–Crippen LogP) is 2.29. The van der Waals surface area contributed by atoms with Gasteiger partial charge in [-0.25, -0.2) is 0 Å². The van der Waals surface area contributed by atoms with Crippen molar-refractivity contribution in [3.8, 4) is 0 Å². The Morgan fingerprint density at radius 1 is 1.33 bits per heavy atom. The maximum Gasteiger partial charge on any atom is 0.250 e. The van der Waals surface area contributed by atoms with Crippen molar-refractivity contribution >= 4 is 17.3 Å². The molecule has 5 heteroatoms. The molecule has 0 aromatic heterocycles. The Balaban J connectivity index is 2.53. The molecule has 1 atom stereocenters. The summed E-state index contributed by atoms with van der Waals surface area (Å²) in [5.41, 5.74) is 12.9. The summed E-state index contributed by atoms with van der Waals surface area (Å²) in [6.45, 7) is 9.77. The summed E-state index contributed by atoms with van der Waals surface area (Å²) in [7, 11) is 0. The van der Waals surface area contributed by atoms with Gasteiger partial charge in [0.05, 0.1) is 16.9 Å². The lowest BCUT2D eigenvalue weighted by molar-refractivity contribution is 0.100. The number of para-hydroxylation sites is 1. The molecule has 5 N–H and O–H groups in total. The van der Waals surface area contributed by atoms with Crippen molar-refractivity contribution in [2.75, 3.05) is 30.7 Å². The fourth-order valence-electron chi connectivity index (χ4n) is 2.40. The number of benzene rings is 1. The van der Waals surface area contributed by atoms with Gasteiger partial charge in [-0.15, -0.1) is 0 Å². The number of amides is 1. The number of nitrogen functional groups attached to an aromatic ring is 1. The summed E-state index contributed by atoms with van der Waals surface area (Å²) < 4.78 is 0. The van der Waals surface area contributed by atoms with Crippen molar-refractivity contribution in [1.82, 2.24) is 4.90 Å². The van der Waals surface area contributed by atoms with Crippen LogP contribution < -0.4 is 16.8 Å². The molecular formula is C16H28N4O. The topological polar surface area (TPSA) is 84.4 Å². The van der Waals surface area contributed by atoms with Crippen molar-refractivity contribution < 1.29 is 4.79 Å². The van der Waals surface area contributed by atoms with E-state index in [-0.39, 0.29) is 0 Å². The van der Waals surface area contributed by atoms with Crippen LogP contribution in [-0.4, -0.2) is 36.5 Å². The molecule has 0 fully saturated rings. The van der Waals surface area contributed by atoms with E-state index in [1.54, 1.807) is 12.1 Å². The number of carbonyl (C=O) groups excluding carboxylic acids is 1. The van der Waals surface area contributed by atoms with E-state index in [0.717, 1.165) is 38.2 Å². The van der Waals surface area contributed by atoms with E-state index in [4.69, 9.17) is 11.5 Å². The molecule has 0 aliphatic carbocycles. The van der Waals surface area contributed by atoms with Crippen molar-refractivity contribution in [2.45, 2.75) is 39.7 Å². The molecule has 1 rings (SSSR count). The number of hydrogen-bond donors (Lipinski definition) is 3. The highest BCUT2D eigenvalue weighted by Gasteiger charge is 2.11. The molecule has 0 bridgehead atoms. The summed E-state index contributed by atoms with van der Waals surface area (Å²) in [5.74, 6) is -0.495. The van der Waals surface area contributed by atoms with Crippen LogP contribution in [0.4, 0.5) is 11.4 Å². The normalized spacial score (nSPS) is 12.4. The average Bonchev–Trinajstić information content (AvgIpc) is 2.45. The fraction of sp³-hybridized carbons (Fsp3) is 0.562. The molecule has 118 valence electrons. The molecule has 0 radical (unpaired) electrons. The molecule has 1 aromatic rings. The third-order valence-corrected chi connectivity index (χ3v) is 3.78. The van der Waals surface area contributed by atoms with E-state index in [9.17, 15) is 4.79 Å². The van der Waals surface area contributed by atoms with Crippen LogP contribution in [0.15, 0.2) is 18.2 Å². The first kappa shape index (κ1) is 17.3. The van der Waals surface area contributed by atoms with E-state index in [1.165, 1.54) is 0 Å². The maximum absolute atomic E-state index is 11.3. The monoisotopic (exact) mass is 292 g/mol. The number of carbonyl (C=O) groups is 1. The quantitative estimate of drug-likeness (QED) is 0.610. The maximum atomic E-state index is 11.3. The highest BCUT2D eigenvalue weighted by molar-refractivity contribution is 6.00. The van der Waals surface area contributed by atoms with Gasteiger partial charge in [-0.05, 0) is 51.5 Å². The number of anilines is 2. The zero-order valence-electron chi connectivity index (χ0n) is 13.4. The summed E-state index contributed by atoms with van der Waals surface area (Å²) in [4.78, 5) is 13.7. The van der Waals surface area contributed by atoms with Crippen molar-refractivity contribution in [2.24, 2.45) is 5.73 Å². The van der Waals surface area contributed by atoms with Gasteiger partial charge in [-0.2, -0.15) is 0 Å². The van der Waals surface area contributed by atoms with Crippen LogP contribution in [0, 0.1) is 0 Å². The van der Waals surface area contributed by atoms with Crippen LogP contribution in [0.3, 0.4) is 0 Å². The first-order chi connectivity index (χ1) is 9.99. The fourth-order valence-corrected chi connectivity index (χ4v) is 2.40. The smallest absolute Gasteiger partial charge is 0.250 e. The van der Waals surface area contributed by atoms with E-state index in [0.29, 0.717) is 17.3 Å². The van der Waals surface area contributed by atoms with Gasteiger partial charge in [-0.1, -0.05) is 19.9 Å². The van der Waals surface area contributed by atoms with Crippen LogP contribution in [-0.2, 0) is 0 Å². The van der Waals surface area contributed by atoms with Gasteiger partial charge in [0.2, 0.25) is 0 Å². The zero-order chi connectivity index (χ0) is 15.8. The van der Waals surface area contributed by atoms with Crippen LogP contribution in [0.1, 0.15) is 44.0 Å². The molecule has 1 aromatic carbocycles. The second kappa shape index (κ2) is 8.52. The zero-order valence-corrected chi connectivity index (χ0v) is 13.4. The van der Waals surface area contributed by atoms with E-state index >= 15 is 0 Å². The average molecular weight is 292 g/mol. The van der Waals surface area contributed by atoms with Crippen molar-refractivity contribution in [3.05, 3.63) is 23.8 Å². The van der Waals surface area contributed by atoms with Gasteiger partial charge in [0.1, 0.15) is 0 Å². The van der Waals surface area contributed by atoms with Gasteiger partial charge < -0.3 is 21.7 Å². The molecule has 0 spiro atoms. The summed E-state index contributed by atoms with van der Waals surface area (Å²) in [6.07, 6.45) is 2.18. The van der Waals surface area contributed by atoms with E-state index in [2.05, 4.69) is 31.0 Å². The van der Waals surface area contributed by atoms with Gasteiger partial charge in [0, 0.05) is 6.04 Å². The number of nitrogens with one attached hydrogen (secondary N) is 1. The highest BCUT2D eigenvalue weighted by atomic mass is 16.1. The molecule has 0 saturated carbocycles. The van der Waals surface area contributed by atoms with Gasteiger partial charge in [0.15, 0.2) is 0 Å². The summed E-state index contributed by atoms with van der Waals surface area (Å²) >= 11 is 0. The number of hydrogen-bond acceptors (Lipinski definition) is 4. The van der Waals surface area contributed by atoms with E-state index < -0.39 is 5.91 Å². The molecule has 0 aliphatic rings. The number of primary amides is 1. The highest BCUT2D eigenvalue weighted by Crippen LogP contribution is 2.23. The minimum absolute atomic E-state index is 0.297. The molecular weight excluding hydrogens is 264 g/mol. The Kier molecular flexibility index (Phi) is 7.02. The van der Waals surface area contributed by atoms with Crippen molar-refractivity contribution in [1.29, 1.82) is 0 Å². The van der Waals surface area contributed by atoms with Crippen LogP contribution in [0.2, 0.25) is 0 Å². The molecule has 0 heterocycles. The summed E-state index contributed by atoms with van der Waals surface area (Å²) in [5, 5.41) is 3.36. The third-order valence-electron chi connectivity index (χ3n) is 3.78. The lowest BCUT2D eigenvalue weighted by Crippen LogP contribution is -2.26. The number of nitrogens with two attached hydrogens (primary N) is 2. The minimum Gasteiger partial charge on any atom is -0.396 e. The minimum atomic E-state index is -0.495. The van der Waals surface area contributed by atoms with Crippen molar-refractivity contribution in [3.63, 3.8) is 0 Å². The third kappa shape index (κ3) is 5.27. The van der Waals surface area contributed by atoms with Crippen LogP contribution >= 0.6 is 0 Å². The Labute approximate surface area is 127 Å². The molecule has 0 aliphatic heterocycles. The first-order valence-electron chi connectivity index (χ1n) is 7.66. The number of rotatable bonds is 9. The van der Waals surface area contributed by atoms with Gasteiger partial charge >= 0.3 is 0 Å². The Morgan fingerprint density at radius 2 is 2.00 bits per heavy atom. The van der Waals surface area contributed by atoms with E-state index in [1.807, 2.05) is 6.07 Å². The van der Waals surface area contributed by atoms with Crippen LogP contribution in [0.5, 0.6) is 0 Å². The Morgan fingerprint density at radius 3 is 2.57 bits per heavy atom. The Hall–Kier alpha value is -1.75. The molecule has 0 saturated heterocycles. The molecule has 5 nitrogen and oxygen atoms in total. The SMILES string of the molecule is CCN(CC)CCCC(C)Nc1cccc(C(N)=O)c1N. The van der Waals surface area contributed by atoms with Crippen LogP contribution in [0.25, 0.3) is 0 Å². The standard InChI is InChI=1S/C16H28N4O/c1-4-20(5-2)11-7-8-12(3)19-14-10-6-9-13(15(14)17)16(18)21/h6,9-10,12,19H,4-5,7-8,11,17H2,1-3H3,(H2,18,21). The lowest BCUT2D eigenvalue weighted by Gasteiger charge is -2.21. The lowest BCUT2D eigenvalue weighted by atomic mass is 10.1. The first-order valence-corrected chi connectivity index (χ1v) is 7.66. The largest absolute Gasteiger partial charge is 0.396 e. The molecule has 1 unspecified atom stereocenters. The predicted molar refractivity (Wildman–Crippen MR) is 89.5 cm³/mol. The summed E-state index contributed by atoms with van der Waals surface area (Å²) in [6, 6.07) is 5.61. The Bertz CT molecular complexity index is 458. The van der Waals surface area contributed by atoms with Gasteiger partial charge in [0.25, 0.3) is 5.91 Å². The molecule has 21 heavy (non-hydrogen) atoms.